The van der Waals surface area contributed by atoms with Crippen LogP contribution in [0.3, 0.4) is 0 Å². The van der Waals surface area contributed by atoms with Crippen molar-refractivity contribution < 1.29 is 14.3 Å². The number of benzene rings is 2. The number of thioether (sulfide) groups is 1. The molecule has 1 fully saturated rings. The van der Waals surface area contributed by atoms with Gasteiger partial charge in [0.2, 0.25) is 0 Å². The van der Waals surface area contributed by atoms with E-state index in [-0.39, 0.29) is 5.91 Å². The third-order valence-corrected chi connectivity index (χ3v) is 6.78. The van der Waals surface area contributed by atoms with Crippen LogP contribution in [0.1, 0.15) is 44.1 Å². The number of hydrogen-bond donors (Lipinski definition) is 0. The third kappa shape index (κ3) is 7.02. The van der Waals surface area contributed by atoms with Gasteiger partial charge in [-0.25, -0.2) is 4.99 Å². The van der Waals surface area contributed by atoms with E-state index in [1.165, 1.54) is 0 Å². The van der Waals surface area contributed by atoms with Crippen LogP contribution in [0.15, 0.2) is 59.2 Å². The summed E-state index contributed by atoms with van der Waals surface area (Å²) in [6.07, 6.45) is 8.36. The molecule has 1 amide bonds. The fourth-order valence-electron chi connectivity index (χ4n) is 3.72. The molecule has 2 heterocycles. The smallest absolute Gasteiger partial charge is 0.278 e. The first-order valence-electron chi connectivity index (χ1n) is 11.6. The molecule has 2 aromatic rings. The lowest BCUT2D eigenvalue weighted by atomic mass is 10.1. The lowest BCUT2D eigenvalue weighted by Crippen LogP contribution is -2.34. The number of nitrogens with zero attached hydrogens (tertiary/aromatic N) is 2. The van der Waals surface area contributed by atoms with Gasteiger partial charge in [-0.05, 0) is 67.3 Å². The van der Waals surface area contributed by atoms with Crippen molar-refractivity contribution in [3.8, 4) is 11.5 Å². The van der Waals surface area contributed by atoms with Gasteiger partial charge in [-0.15, -0.1) is 0 Å². The number of fused-ring (bicyclic) bond motifs is 1. The highest BCUT2D eigenvalue weighted by molar-refractivity contribution is 8.13. The molecule has 2 aromatic carbocycles. The molecule has 174 valence electrons. The molecule has 2 aliphatic heterocycles. The first-order chi connectivity index (χ1) is 16.2. The number of carbonyl (C=O) groups is 1. The summed E-state index contributed by atoms with van der Waals surface area (Å²) < 4.78 is 11.6. The Morgan fingerprint density at radius 2 is 1.70 bits per heavy atom. The topological polar surface area (TPSA) is 51.1 Å². The van der Waals surface area contributed by atoms with E-state index in [2.05, 4.69) is 4.99 Å². The predicted molar refractivity (Wildman–Crippen MR) is 136 cm³/mol. The van der Waals surface area contributed by atoms with E-state index in [4.69, 9.17) is 21.1 Å². The fourth-order valence-corrected chi connectivity index (χ4v) is 4.80. The number of rotatable bonds is 11. The summed E-state index contributed by atoms with van der Waals surface area (Å²) >= 11 is 7.53. The summed E-state index contributed by atoms with van der Waals surface area (Å²) in [6, 6.07) is 15.3. The molecule has 1 saturated heterocycles. The van der Waals surface area contributed by atoms with Crippen LogP contribution in [-0.4, -0.2) is 41.5 Å². The quantitative estimate of drug-likeness (QED) is 0.272. The molecule has 0 atom stereocenters. The maximum Gasteiger partial charge on any atom is 0.278 e. The number of amides is 1. The fraction of sp³-hybridized carbons (Fsp3) is 0.385. The maximum atomic E-state index is 12.5. The van der Waals surface area contributed by atoms with Gasteiger partial charge in [-0.3, -0.25) is 9.69 Å². The number of amidine groups is 1. The van der Waals surface area contributed by atoms with Gasteiger partial charge in [0.25, 0.3) is 5.91 Å². The van der Waals surface area contributed by atoms with Gasteiger partial charge >= 0.3 is 0 Å². The van der Waals surface area contributed by atoms with Gasteiger partial charge in [0.1, 0.15) is 17.2 Å². The molecular formula is C26H29ClN2O3S. The zero-order valence-corrected chi connectivity index (χ0v) is 20.2. The van der Waals surface area contributed by atoms with Crippen molar-refractivity contribution in [1.82, 2.24) is 4.90 Å². The van der Waals surface area contributed by atoms with Gasteiger partial charge in [0.15, 0.2) is 5.17 Å². The lowest BCUT2D eigenvalue weighted by molar-refractivity contribution is -0.122. The van der Waals surface area contributed by atoms with Gasteiger partial charge in [-0.1, -0.05) is 54.8 Å². The molecule has 0 spiro atoms. The van der Waals surface area contributed by atoms with Crippen LogP contribution in [-0.2, 0) is 4.79 Å². The Kier molecular flexibility index (Phi) is 8.72. The summed E-state index contributed by atoms with van der Waals surface area (Å²) in [5.74, 6) is 2.72. The SMILES string of the molecule is O=C1/C(=C/c2cccc(OCCCCCCCOc3ccc(Cl)cc3)c2)N=C2SCCCN12. The average Bonchev–Trinajstić information content (AvgIpc) is 3.14. The highest BCUT2D eigenvalue weighted by Gasteiger charge is 2.32. The van der Waals surface area contributed by atoms with Crippen molar-refractivity contribution >= 4 is 40.5 Å². The van der Waals surface area contributed by atoms with Crippen molar-refractivity contribution in [2.24, 2.45) is 4.99 Å². The van der Waals surface area contributed by atoms with Crippen LogP contribution in [0, 0.1) is 0 Å². The second kappa shape index (κ2) is 12.1. The predicted octanol–water partition coefficient (Wildman–Crippen LogP) is 6.42. The van der Waals surface area contributed by atoms with E-state index in [9.17, 15) is 4.79 Å². The van der Waals surface area contributed by atoms with E-state index in [0.29, 0.717) is 12.3 Å². The molecule has 0 radical (unpaired) electrons. The highest BCUT2D eigenvalue weighted by Crippen LogP contribution is 2.28. The van der Waals surface area contributed by atoms with E-state index in [1.807, 2.05) is 54.6 Å². The molecular weight excluding hydrogens is 456 g/mol. The number of aliphatic imine (C=N–C) groups is 1. The van der Waals surface area contributed by atoms with Gasteiger partial charge in [0.05, 0.1) is 13.2 Å². The van der Waals surface area contributed by atoms with Crippen molar-refractivity contribution in [3.63, 3.8) is 0 Å². The Morgan fingerprint density at radius 3 is 2.45 bits per heavy atom. The molecule has 2 aliphatic rings. The van der Waals surface area contributed by atoms with Crippen molar-refractivity contribution in [1.29, 1.82) is 0 Å². The van der Waals surface area contributed by atoms with E-state index < -0.39 is 0 Å². The molecule has 0 aliphatic carbocycles. The first-order valence-corrected chi connectivity index (χ1v) is 12.9. The molecule has 0 saturated carbocycles. The van der Waals surface area contributed by atoms with Crippen molar-refractivity contribution in [2.75, 3.05) is 25.5 Å². The highest BCUT2D eigenvalue weighted by atomic mass is 35.5. The Balaban J connectivity index is 1.12. The minimum absolute atomic E-state index is 0.00193. The molecule has 0 bridgehead atoms. The standard InChI is InChI=1S/C26H29ClN2O3S/c27-21-10-12-22(13-11-21)31-15-4-2-1-3-5-16-32-23-9-6-8-20(18-23)19-24-25(30)29-14-7-17-33-26(29)28-24/h6,8-13,18-19H,1-5,7,14-17H2/b24-19-. The average molecular weight is 485 g/mol. The Morgan fingerprint density at radius 1 is 0.970 bits per heavy atom. The number of carbonyl (C=O) groups excluding carboxylic acids is 1. The minimum Gasteiger partial charge on any atom is -0.494 e. The molecule has 0 aromatic heterocycles. The zero-order valence-electron chi connectivity index (χ0n) is 18.7. The van der Waals surface area contributed by atoms with E-state index >= 15 is 0 Å². The van der Waals surface area contributed by atoms with Crippen LogP contribution >= 0.6 is 23.4 Å². The lowest BCUT2D eigenvalue weighted by Gasteiger charge is -2.21. The summed E-state index contributed by atoms with van der Waals surface area (Å²) in [6.45, 7) is 2.18. The molecule has 0 N–H and O–H groups in total. The van der Waals surface area contributed by atoms with Gasteiger partial charge in [0, 0.05) is 17.3 Å². The molecule has 0 unspecified atom stereocenters. The summed E-state index contributed by atoms with van der Waals surface area (Å²) in [5.41, 5.74) is 1.45. The van der Waals surface area contributed by atoms with Crippen LogP contribution in [0.2, 0.25) is 5.02 Å². The van der Waals surface area contributed by atoms with Crippen molar-refractivity contribution in [2.45, 2.75) is 38.5 Å². The number of hydrogen-bond acceptors (Lipinski definition) is 5. The second-order valence-corrected chi connectivity index (χ2v) is 9.57. The Labute approximate surface area is 204 Å². The third-order valence-electron chi connectivity index (χ3n) is 5.47. The van der Waals surface area contributed by atoms with E-state index in [0.717, 1.165) is 84.7 Å². The maximum absolute atomic E-state index is 12.5. The van der Waals surface area contributed by atoms with Crippen molar-refractivity contribution in [3.05, 3.63) is 64.8 Å². The number of unbranched alkanes of at least 4 members (excludes halogenated alkanes) is 4. The Bertz CT molecular complexity index is 1010. The largest absolute Gasteiger partial charge is 0.494 e. The number of ether oxygens (including phenoxy) is 2. The second-order valence-electron chi connectivity index (χ2n) is 8.07. The molecule has 33 heavy (non-hydrogen) atoms. The summed E-state index contributed by atoms with van der Waals surface area (Å²) in [7, 11) is 0. The summed E-state index contributed by atoms with van der Waals surface area (Å²) in [4.78, 5) is 18.8. The Hall–Kier alpha value is -2.44. The van der Waals surface area contributed by atoms with Crippen LogP contribution in [0.25, 0.3) is 6.08 Å². The summed E-state index contributed by atoms with van der Waals surface area (Å²) in [5, 5.41) is 1.56. The molecule has 7 heteroatoms. The van der Waals surface area contributed by atoms with Gasteiger partial charge in [-0.2, -0.15) is 0 Å². The van der Waals surface area contributed by atoms with E-state index in [1.54, 1.807) is 16.7 Å². The molecule has 5 nitrogen and oxygen atoms in total. The van der Waals surface area contributed by atoms with Crippen LogP contribution < -0.4 is 9.47 Å². The monoisotopic (exact) mass is 484 g/mol. The number of halogens is 1. The normalized spacial score (nSPS) is 16.6. The van der Waals surface area contributed by atoms with Gasteiger partial charge < -0.3 is 9.47 Å². The first kappa shape index (κ1) is 23.7. The zero-order chi connectivity index (χ0) is 22.9. The van der Waals surface area contributed by atoms with Crippen LogP contribution in [0.5, 0.6) is 11.5 Å². The molecule has 4 rings (SSSR count). The van der Waals surface area contributed by atoms with Crippen LogP contribution in [0.4, 0.5) is 0 Å². The minimum atomic E-state index is 0.00193.